The lowest BCUT2D eigenvalue weighted by atomic mass is 10.1. The molecule has 2 unspecified atom stereocenters. The molecule has 0 saturated carbocycles. The summed E-state index contributed by atoms with van der Waals surface area (Å²) in [6, 6.07) is 9.98. The number of aliphatic hydroxyl groups excluding tert-OH is 1. The zero-order valence-corrected chi connectivity index (χ0v) is 18.4. The fourth-order valence-electron chi connectivity index (χ4n) is 2.19. The molecular formula is C19H34IN3O3. The van der Waals surface area contributed by atoms with Crippen molar-refractivity contribution in [3.05, 3.63) is 35.9 Å². The van der Waals surface area contributed by atoms with Gasteiger partial charge in [0, 0.05) is 26.3 Å². The van der Waals surface area contributed by atoms with Crippen LogP contribution < -0.4 is 10.6 Å². The van der Waals surface area contributed by atoms with E-state index in [0.29, 0.717) is 12.5 Å². The molecule has 0 bridgehead atoms. The highest BCUT2D eigenvalue weighted by Crippen LogP contribution is 2.15. The zero-order chi connectivity index (χ0) is 18.3. The van der Waals surface area contributed by atoms with E-state index < -0.39 is 6.10 Å². The Morgan fingerprint density at radius 1 is 1.19 bits per heavy atom. The van der Waals surface area contributed by atoms with Gasteiger partial charge < -0.3 is 25.2 Å². The van der Waals surface area contributed by atoms with Crippen LogP contribution in [0.4, 0.5) is 0 Å². The number of aliphatic imine (C=N–C) groups is 1. The molecule has 0 radical (unpaired) electrons. The molecule has 6 nitrogen and oxygen atoms in total. The van der Waals surface area contributed by atoms with Gasteiger partial charge in [-0.15, -0.1) is 24.0 Å². The molecule has 0 aromatic heterocycles. The van der Waals surface area contributed by atoms with Crippen molar-refractivity contribution in [1.29, 1.82) is 0 Å². The monoisotopic (exact) mass is 479 g/mol. The van der Waals surface area contributed by atoms with Crippen LogP contribution in [0.3, 0.4) is 0 Å². The minimum absolute atomic E-state index is 0. The molecule has 1 aromatic rings. The molecule has 0 aliphatic rings. The van der Waals surface area contributed by atoms with Crippen molar-refractivity contribution >= 4 is 29.9 Å². The predicted molar refractivity (Wildman–Crippen MR) is 117 cm³/mol. The number of nitrogens with one attached hydrogen (secondary N) is 2. The Hall–Kier alpha value is -0.900. The minimum Gasteiger partial charge on any atom is -0.389 e. The molecule has 0 spiro atoms. The van der Waals surface area contributed by atoms with Crippen LogP contribution in [0.15, 0.2) is 35.3 Å². The van der Waals surface area contributed by atoms with Gasteiger partial charge in [0.1, 0.15) is 0 Å². The van der Waals surface area contributed by atoms with Gasteiger partial charge in [0.15, 0.2) is 5.96 Å². The van der Waals surface area contributed by atoms with Crippen molar-refractivity contribution in [3.63, 3.8) is 0 Å². The van der Waals surface area contributed by atoms with Crippen LogP contribution in [0.1, 0.15) is 38.9 Å². The van der Waals surface area contributed by atoms with Crippen LogP contribution in [0.5, 0.6) is 0 Å². The Balaban J connectivity index is 0.00000625. The number of hydrogen-bond acceptors (Lipinski definition) is 4. The molecule has 0 amide bonds. The molecule has 0 heterocycles. The molecule has 0 aliphatic carbocycles. The normalized spacial score (nSPS) is 13.6. The van der Waals surface area contributed by atoms with Crippen LogP contribution in [-0.2, 0) is 9.47 Å². The van der Waals surface area contributed by atoms with E-state index in [1.165, 1.54) is 0 Å². The van der Waals surface area contributed by atoms with Crippen molar-refractivity contribution < 1.29 is 14.6 Å². The molecule has 0 saturated heterocycles. The lowest BCUT2D eigenvalue weighted by Crippen LogP contribution is -2.39. The third kappa shape index (κ3) is 11.7. The molecular weight excluding hydrogens is 445 g/mol. The second-order valence-electron chi connectivity index (χ2n) is 5.74. The predicted octanol–water partition coefficient (Wildman–Crippen LogP) is 2.72. The van der Waals surface area contributed by atoms with Gasteiger partial charge in [0.25, 0.3) is 0 Å². The third-order valence-electron chi connectivity index (χ3n) is 3.57. The van der Waals surface area contributed by atoms with Crippen LogP contribution in [0, 0.1) is 0 Å². The fourth-order valence-corrected chi connectivity index (χ4v) is 2.19. The number of hydrogen-bond donors (Lipinski definition) is 3. The van der Waals surface area contributed by atoms with Gasteiger partial charge in [-0.05, 0) is 32.8 Å². The summed E-state index contributed by atoms with van der Waals surface area (Å²) in [6.45, 7) is 9.55. The summed E-state index contributed by atoms with van der Waals surface area (Å²) in [6.07, 6.45) is 0.230. The van der Waals surface area contributed by atoms with E-state index in [9.17, 15) is 5.11 Å². The maximum Gasteiger partial charge on any atom is 0.191 e. The third-order valence-corrected chi connectivity index (χ3v) is 3.57. The first-order chi connectivity index (χ1) is 12.2. The standard InChI is InChI=1S/C19H33N3O3.HI/c1-4-20-19(21-12-9-13-24-5-2)22-14-18(23)15-25-16(3)17-10-7-6-8-11-17;/h6-8,10-11,16,18,23H,4-5,9,12-15H2,1-3H3,(H2,20,21,22);1H. The SMILES string of the molecule is CCNC(=NCC(O)COC(C)c1ccccc1)NCCCOCC.I. The topological polar surface area (TPSA) is 75.1 Å². The summed E-state index contributed by atoms with van der Waals surface area (Å²) in [4.78, 5) is 4.41. The molecule has 26 heavy (non-hydrogen) atoms. The van der Waals surface area contributed by atoms with E-state index in [4.69, 9.17) is 9.47 Å². The Morgan fingerprint density at radius 2 is 1.92 bits per heavy atom. The molecule has 1 aromatic carbocycles. The van der Waals surface area contributed by atoms with Gasteiger partial charge in [0.05, 0.1) is 25.4 Å². The first kappa shape index (κ1) is 25.1. The number of nitrogens with zero attached hydrogens (tertiary/aromatic N) is 1. The maximum atomic E-state index is 10.1. The van der Waals surface area contributed by atoms with Crippen LogP contribution in [0.2, 0.25) is 0 Å². The first-order valence-corrected chi connectivity index (χ1v) is 9.11. The molecule has 150 valence electrons. The Bertz CT molecular complexity index is 474. The average Bonchev–Trinajstić information content (AvgIpc) is 2.64. The largest absolute Gasteiger partial charge is 0.389 e. The van der Waals surface area contributed by atoms with Crippen LogP contribution in [0.25, 0.3) is 0 Å². The van der Waals surface area contributed by atoms with Crippen molar-refractivity contribution in [3.8, 4) is 0 Å². The first-order valence-electron chi connectivity index (χ1n) is 9.11. The Kier molecular flexibility index (Phi) is 15.7. The maximum absolute atomic E-state index is 10.1. The highest BCUT2D eigenvalue weighted by Gasteiger charge is 2.09. The van der Waals surface area contributed by atoms with E-state index in [1.54, 1.807) is 0 Å². The number of benzene rings is 1. The summed E-state index contributed by atoms with van der Waals surface area (Å²) in [5, 5.41) is 16.5. The van der Waals surface area contributed by atoms with Gasteiger partial charge in [-0.3, -0.25) is 4.99 Å². The molecule has 2 atom stereocenters. The lowest BCUT2D eigenvalue weighted by molar-refractivity contribution is 0.00111. The smallest absolute Gasteiger partial charge is 0.191 e. The summed E-state index contributed by atoms with van der Waals surface area (Å²) in [7, 11) is 0. The summed E-state index contributed by atoms with van der Waals surface area (Å²) >= 11 is 0. The van der Waals surface area contributed by atoms with Gasteiger partial charge >= 0.3 is 0 Å². The molecule has 7 heteroatoms. The van der Waals surface area contributed by atoms with Gasteiger partial charge in [-0.1, -0.05) is 30.3 Å². The quantitative estimate of drug-likeness (QED) is 0.186. The average molecular weight is 479 g/mol. The van der Waals surface area contributed by atoms with E-state index in [0.717, 1.165) is 38.3 Å². The van der Waals surface area contributed by atoms with Gasteiger partial charge in [-0.2, -0.15) is 0 Å². The minimum atomic E-state index is -0.634. The highest BCUT2D eigenvalue weighted by molar-refractivity contribution is 14.0. The van der Waals surface area contributed by atoms with Crippen molar-refractivity contribution in [1.82, 2.24) is 10.6 Å². The summed E-state index contributed by atoms with van der Waals surface area (Å²) in [5.74, 6) is 0.703. The zero-order valence-electron chi connectivity index (χ0n) is 16.1. The second kappa shape index (κ2) is 16.3. The van der Waals surface area contributed by atoms with Crippen LogP contribution in [-0.4, -0.2) is 56.6 Å². The number of guanidine groups is 1. The molecule has 1 rings (SSSR count). The second-order valence-corrected chi connectivity index (χ2v) is 5.74. The van der Waals surface area contributed by atoms with E-state index in [1.807, 2.05) is 51.1 Å². The number of rotatable bonds is 12. The number of ether oxygens (including phenoxy) is 2. The van der Waals surface area contributed by atoms with Gasteiger partial charge in [-0.25, -0.2) is 0 Å². The van der Waals surface area contributed by atoms with E-state index in [2.05, 4.69) is 15.6 Å². The molecule has 3 N–H and O–H groups in total. The lowest BCUT2D eigenvalue weighted by Gasteiger charge is -2.16. The van der Waals surface area contributed by atoms with E-state index in [-0.39, 0.29) is 36.7 Å². The van der Waals surface area contributed by atoms with Crippen LogP contribution >= 0.6 is 24.0 Å². The van der Waals surface area contributed by atoms with E-state index >= 15 is 0 Å². The fraction of sp³-hybridized carbons (Fsp3) is 0.632. The highest BCUT2D eigenvalue weighted by atomic mass is 127. The number of aliphatic hydroxyl groups is 1. The van der Waals surface area contributed by atoms with Crippen molar-refractivity contribution in [2.75, 3.05) is 39.5 Å². The summed E-state index contributed by atoms with van der Waals surface area (Å²) in [5.41, 5.74) is 1.10. The van der Waals surface area contributed by atoms with Gasteiger partial charge in [0.2, 0.25) is 0 Å². The Morgan fingerprint density at radius 3 is 2.58 bits per heavy atom. The van der Waals surface area contributed by atoms with Crippen molar-refractivity contribution in [2.24, 2.45) is 4.99 Å². The summed E-state index contributed by atoms with van der Waals surface area (Å²) < 4.78 is 11.0. The van der Waals surface area contributed by atoms with Crippen molar-refractivity contribution in [2.45, 2.75) is 39.4 Å². The molecule has 0 aliphatic heterocycles. The number of halogens is 1. The Labute approximate surface area is 174 Å². The molecule has 0 fully saturated rings.